The molecule has 0 radical (unpaired) electrons. The fraction of sp³-hybridized carbons (Fsp3) is 0.625. The summed E-state index contributed by atoms with van der Waals surface area (Å²) in [6.45, 7) is 4.87. The zero-order chi connectivity index (χ0) is 10.7. The third-order valence-electron chi connectivity index (χ3n) is 1.51. The van der Waals surface area contributed by atoms with E-state index in [0.29, 0.717) is 5.82 Å². The van der Waals surface area contributed by atoms with Crippen LogP contribution in [0, 0.1) is 6.92 Å². The van der Waals surface area contributed by atoms with Gasteiger partial charge in [0.05, 0.1) is 0 Å². The Morgan fingerprint density at radius 2 is 2.21 bits per heavy atom. The van der Waals surface area contributed by atoms with Gasteiger partial charge in [0.1, 0.15) is 5.38 Å². The second-order valence-corrected chi connectivity index (χ2v) is 3.53. The molecule has 6 heteroatoms. The van der Waals surface area contributed by atoms with Crippen LogP contribution in [0.2, 0.25) is 0 Å². The number of carbonyl (C=O) groups excluding carboxylic acids is 1. The van der Waals surface area contributed by atoms with E-state index < -0.39 is 17.5 Å². The molecule has 5 nitrogen and oxygen atoms in total. The molecule has 2 unspecified atom stereocenters. The largest absolute Gasteiger partial charge is 0.451 e. The van der Waals surface area contributed by atoms with Gasteiger partial charge in [-0.05, 0) is 20.8 Å². The molecule has 1 rings (SSSR count). The van der Waals surface area contributed by atoms with Gasteiger partial charge in [-0.3, -0.25) is 4.79 Å². The third-order valence-corrected chi connectivity index (χ3v) is 1.69. The number of alkyl halides is 1. The number of halogens is 1. The molecule has 0 saturated carbocycles. The Morgan fingerprint density at radius 3 is 2.64 bits per heavy atom. The van der Waals surface area contributed by atoms with Crippen LogP contribution in [-0.4, -0.2) is 21.5 Å². The van der Waals surface area contributed by atoms with Crippen molar-refractivity contribution >= 4 is 17.6 Å². The van der Waals surface area contributed by atoms with Crippen molar-refractivity contribution in [2.24, 2.45) is 0 Å². The highest BCUT2D eigenvalue weighted by Gasteiger charge is 2.20. The molecule has 0 saturated heterocycles. The number of aryl methyl sites for hydroxylation is 1. The second kappa shape index (κ2) is 4.41. The normalized spacial score (nSPS) is 14.9. The Labute approximate surface area is 86.4 Å². The minimum atomic E-state index is -0.679. The summed E-state index contributed by atoms with van der Waals surface area (Å²) in [5.41, 5.74) is 0. The van der Waals surface area contributed by atoms with E-state index in [2.05, 4.69) is 10.1 Å². The molecular formula is C8H11ClN2O3. The molecule has 0 aliphatic rings. The molecule has 1 aromatic heterocycles. The van der Waals surface area contributed by atoms with E-state index in [1.54, 1.807) is 13.8 Å². The van der Waals surface area contributed by atoms with Gasteiger partial charge >= 0.3 is 5.97 Å². The minimum Gasteiger partial charge on any atom is -0.451 e. The zero-order valence-corrected chi connectivity index (χ0v) is 8.91. The van der Waals surface area contributed by atoms with E-state index in [4.69, 9.17) is 20.9 Å². The van der Waals surface area contributed by atoms with Crippen LogP contribution in [0.1, 0.15) is 31.7 Å². The van der Waals surface area contributed by atoms with Crippen LogP contribution in [0.3, 0.4) is 0 Å². The van der Waals surface area contributed by atoms with E-state index in [1.165, 1.54) is 6.92 Å². The molecule has 1 aromatic rings. The van der Waals surface area contributed by atoms with Crippen LogP contribution in [-0.2, 0) is 9.53 Å². The van der Waals surface area contributed by atoms with Crippen LogP contribution < -0.4 is 0 Å². The van der Waals surface area contributed by atoms with Gasteiger partial charge < -0.3 is 9.26 Å². The molecule has 14 heavy (non-hydrogen) atoms. The maximum Gasteiger partial charge on any atom is 0.324 e. The number of esters is 1. The first-order valence-corrected chi connectivity index (χ1v) is 4.59. The number of aromatic nitrogens is 2. The lowest BCUT2D eigenvalue weighted by Crippen LogP contribution is -2.16. The quantitative estimate of drug-likeness (QED) is 0.570. The summed E-state index contributed by atoms with van der Waals surface area (Å²) in [7, 11) is 0. The van der Waals surface area contributed by atoms with Gasteiger partial charge in [-0.15, -0.1) is 11.6 Å². The molecule has 78 valence electrons. The summed E-state index contributed by atoms with van der Waals surface area (Å²) in [4.78, 5) is 15.0. The molecule has 0 N–H and O–H groups in total. The highest BCUT2D eigenvalue weighted by molar-refractivity contribution is 6.29. The molecule has 0 aromatic carbocycles. The van der Waals surface area contributed by atoms with Crippen LogP contribution in [0.5, 0.6) is 0 Å². The number of ether oxygens (including phenoxy) is 1. The van der Waals surface area contributed by atoms with Crippen molar-refractivity contribution in [3.8, 4) is 0 Å². The predicted octanol–water partition coefficient (Wildman–Crippen LogP) is 1.61. The zero-order valence-electron chi connectivity index (χ0n) is 8.15. The van der Waals surface area contributed by atoms with Crippen molar-refractivity contribution in [3.63, 3.8) is 0 Å². The highest BCUT2D eigenvalue weighted by atomic mass is 35.5. The Kier molecular flexibility index (Phi) is 3.46. The first-order chi connectivity index (χ1) is 6.50. The lowest BCUT2D eigenvalue weighted by Gasteiger charge is -2.09. The average molecular weight is 219 g/mol. The van der Waals surface area contributed by atoms with Gasteiger partial charge in [0.25, 0.3) is 5.89 Å². The second-order valence-electron chi connectivity index (χ2n) is 2.87. The maximum atomic E-state index is 11.1. The average Bonchev–Trinajstić information content (AvgIpc) is 2.51. The fourth-order valence-corrected chi connectivity index (χ4v) is 0.848. The number of hydrogen-bond acceptors (Lipinski definition) is 5. The molecule has 2 atom stereocenters. The lowest BCUT2D eigenvalue weighted by molar-refractivity contribution is -0.148. The van der Waals surface area contributed by atoms with Crippen molar-refractivity contribution in [1.82, 2.24) is 10.1 Å². The Bertz CT molecular complexity index is 324. The Morgan fingerprint density at radius 1 is 1.57 bits per heavy atom. The third kappa shape index (κ3) is 2.70. The molecule has 0 aliphatic carbocycles. The monoisotopic (exact) mass is 218 g/mol. The van der Waals surface area contributed by atoms with Crippen LogP contribution in [0.4, 0.5) is 0 Å². The van der Waals surface area contributed by atoms with Gasteiger partial charge in [-0.25, -0.2) is 0 Å². The summed E-state index contributed by atoms with van der Waals surface area (Å²) in [6.07, 6.45) is -0.565. The summed E-state index contributed by atoms with van der Waals surface area (Å²) in [6, 6.07) is 0. The predicted molar refractivity (Wildman–Crippen MR) is 48.9 cm³/mol. The van der Waals surface area contributed by atoms with Gasteiger partial charge in [-0.1, -0.05) is 5.16 Å². The van der Waals surface area contributed by atoms with Crippen LogP contribution >= 0.6 is 11.6 Å². The SMILES string of the molecule is Cc1noc(C(C)OC(=O)C(C)Cl)n1. The number of rotatable bonds is 3. The summed E-state index contributed by atoms with van der Waals surface area (Å²) < 4.78 is 9.77. The van der Waals surface area contributed by atoms with Gasteiger partial charge in [-0.2, -0.15) is 4.98 Å². The molecule has 1 heterocycles. The molecule has 0 aliphatic heterocycles. The standard InChI is InChI=1S/C8H11ClN2O3/c1-4(9)8(12)13-5(2)7-10-6(3)11-14-7/h4-5H,1-3H3. The van der Waals surface area contributed by atoms with E-state index >= 15 is 0 Å². The molecule has 0 amide bonds. The van der Waals surface area contributed by atoms with Gasteiger partial charge in [0.2, 0.25) is 0 Å². The van der Waals surface area contributed by atoms with Crippen molar-refractivity contribution in [3.05, 3.63) is 11.7 Å². The van der Waals surface area contributed by atoms with Crippen molar-refractivity contribution in [2.45, 2.75) is 32.3 Å². The number of hydrogen-bond donors (Lipinski definition) is 0. The minimum absolute atomic E-state index is 0.271. The highest BCUT2D eigenvalue weighted by Crippen LogP contribution is 2.15. The number of carbonyl (C=O) groups is 1. The summed E-state index contributed by atoms with van der Waals surface area (Å²) >= 11 is 5.52. The van der Waals surface area contributed by atoms with Gasteiger partial charge in [0, 0.05) is 0 Å². The van der Waals surface area contributed by atoms with E-state index in [1.807, 2.05) is 0 Å². The smallest absolute Gasteiger partial charge is 0.324 e. The number of nitrogens with zero attached hydrogens (tertiary/aromatic N) is 2. The lowest BCUT2D eigenvalue weighted by atomic mass is 10.4. The van der Waals surface area contributed by atoms with Crippen molar-refractivity contribution in [1.29, 1.82) is 0 Å². The molecular weight excluding hydrogens is 208 g/mol. The van der Waals surface area contributed by atoms with Gasteiger partial charge in [0.15, 0.2) is 11.9 Å². The summed E-state index contributed by atoms with van der Waals surface area (Å²) in [5.74, 6) is 0.269. The molecule has 0 bridgehead atoms. The first-order valence-electron chi connectivity index (χ1n) is 4.15. The first kappa shape index (κ1) is 11.0. The molecule has 0 fully saturated rings. The van der Waals surface area contributed by atoms with Crippen molar-refractivity contribution < 1.29 is 14.1 Å². The van der Waals surface area contributed by atoms with Crippen LogP contribution in [0.15, 0.2) is 4.52 Å². The fourth-order valence-electron chi connectivity index (χ4n) is 0.797. The topological polar surface area (TPSA) is 65.2 Å². The van der Waals surface area contributed by atoms with E-state index in [-0.39, 0.29) is 5.89 Å². The van der Waals surface area contributed by atoms with Crippen LogP contribution in [0.25, 0.3) is 0 Å². The van der Waals surface area contributed by atoms with Crippen molar-refractivity contribution in [2.75, 3.05) is 0 Å². The molecule has 0 spiro atoms. The van der Waals surface area contributed by atoms with E-state index in [9.17, 15) is 4.79 Å². The Balaban J connectivity index is 2.59. The maximum absolute atomic E-state index is 11.1. The summed E-state index contributed by atoms with van der Waals surface area (Å²) in [5, 5.41) is 2.90. The van der Waals surface area contributed by atoms with E-state index in [0.717, 1.165) is 0 Å². The Hall–Kier alpha value is -1.10.